The lowest BCUT2D eigenvalue weighted by atomic mass is 10.1. The SMILES string of the molecule is CCOCC(C)NC(=O)c1cccc(C(F)(F)F)c1N. The van der Waals surface area contributed by atoms with Gasteiger partial charge in [0.25, 0.3) is 5.91 Å². The summed E-state index contributed by atoms with van der Waals surface area (Å²) in [6.45, 7) is 4.27. The van der Waals surface area contributed by atoms with E-state index >= 15 is 0 Å². The molecule has 0 aliphatic carbocycles. The van der Waals surface area contributed by atoms with E-state index in [1.54, 1.807) is 13.8 Å². The average Bonchev–Trinajstić information content (AvgIpc) is 2.35. The summed E-state index contributed by atoms with van der Waals surface area (Å²) in [7, 11) is 0. The van der Waals surface area contributed by atoms with Crippen LogP contribution in [0.1, 0.15) is 29.8 Å². The van der Waals surface area contributed by atoms with Crippen LogP contribution in [0.3, 0.4) is 0 Å². The summed E-state index contributed by atoms with van der Waals surface area (Å²) in [5.74, 6) is -0.652. The normalized spacial score (nSPS) is 13.1. The van der Waals surface area contributed by atoms with Crippen molar-refractivity contribution >= 4 is 11.6 Å². The first kappa shape index (κ1) is 16.3. The third kappa shape index (κ3) is 4.12. The smallest absolute Gasteiger partial charge is 0.398 e. The van der Waals surface area contributed by atoms with Crippen LogP contribution < -0.4 is 11.1 Å². The largest absolute Gasteiger partial charge is 0.418 e. The number of amides is 1. The fourth-order valence-corrected chi connectivity index (χ4v) is 1.65. The Morgan fingerprint density at radius 1 is 1.45 bits per heavy atom. The van der Waals surface area contributed by atoms with Gasteiger partial charge in [0.05, 0.1) is 23.4 Å². The molecule has 3 N–H and O–H groups in total. The first-order valence-electron chi connectivity index (χ1n) is 6.11. The minimum absolute atomic E-state index is 0.192. The van der Waals surface area contributed by atoms with Gasteiger partial charge in [-0.1, -0.05) is 6.07 Å². The number of para-hydroxylation sites is 1. The fraction of sp³-hybridized carbons (Fsp3) is 0.462. The monoisotopic (exact) mass is 290 g/mol. The molecule has 0 fully saturated rings. The minimum Gasteiger partial charge on any atom is -0.398 e. The van der Waals surface area contributed by atoms with Crippen molar-refractivity contribution in [1.29, 1.82) is 0 Å². The lowest BCUT2D eigenvalue weighted by Gasteiger charge is -2.16. The molecular weight excluding hydrogens is 273 g/mol. The van der Waals surface area contributed by atoms with Crippen LogP contribution in [0.2, 0.25) is 0 Å². The molecule has 7 heteroatoms. The zero-order chi connectivity index (χ0) is 15.3. The first-order chi connectivity index (χ1) is 9.27. The summed E-state index contributed by atoms with van der Waals surface area (Å²) in [5.41, 5.74) is 3.66. The highest BCUT2D eigenvalue weighted by molar-refractivity contribution is 6.00. The molecule has 0 bridgehead atoms. The molecule has 0 saturated carbocycles. The number of nitrogens with one attached hydrogen (secondary N) is 1. The molecule has 0 saturated heterocycles. The quantitative estimate of drug-likeness (QED) is 0.819. The lowest BCUT2D eigenvalue weighted by Crippen LogP contribution is -2.36. The van der Waals surface area contributed by atoms with Crippen molar-refractivity contribution in [2.24, 2.45) is 0 Å². The molecule has 0 aromatic heterocycles. The van der Waals surface area contributed by atoms with Gasteiger partial charge in [0, 0.05) is 12.6 Å². The summed E-state index contributed by atoms with van der Waals surface area (Å²) in [5, 5.41) is 2.54. The lowest BCUT2D eigenvalue weighted by molar-refractivity contribution is -0.136. The number of nitrogens with two attached hydrogens (primary N) is 1. The Hall–Kier alpha value is -1.76. The van der Waals surface area contributed by atoms with Gasteiger partial charge in [0.1, 0.15) is 0 Å². The van der Waals surface area contributed by atoms with Crippen molar-refractivity contribution < 1.29 is 22.7 Å². The number of carbonyl (C=O) groups is 1. The molecule has 0 aliphatic rings. The standard InChI is InChI=1S/C13H17F3N2O2/c1-3-20-7-8(2)18-12(19)9-5-4-6-10(11(9)17)13(14,15)16/h4-6,8H,3,7,17H2,1-2H3,(H,18,19). The molecule has 4 nitrogen and oxygen atoms in total. The molecule has 20 heavy (non-hydrogen) atoms. The van der Waals surface area contributed by atoms with Gasteiger partial charge in [0.2, 0.25) is 0 Å². The fourth-order valence-electron chi connectivity index (χ4n) is 1.65. The highest BCUT2D eigenvalue weighted by Gasteiger charge is 2.34. The molecule has 1 atom stereocenters. The van der Waals surface area contributed by atoms with Crippen LogP contribution in [0, 0.1) is 0 Å². The molecule has 112 valence electrons. The number of halogens is 3. The number of anilines is 1. The van der Waals surface area contributed by atoms with Gasteiger partial charge in [-0.05, 0) is 26.0 Å². The van der Waals surface area contributed by atoms with E-state index in [1.807, 2.05) is 0 Å². The van der Waals surface area contributed by atoms with Crippen molar-refractivity contribution in [2.45, 2.75) is 26.1 Å². The van der Waals surface area contributed by atoms with E-state index in [2.05, 4.69) is 5.32 Å². The molecule has 1 aromatic rings. The van der Waals surface area contributed by atoms with Gasteiger partial charge in [-0.25, -0.2) is 0 Å². The van der Waals surface area contributed by atoms with Crippen LogP contribution in [-0.2, 0) is 10.9 Å². The Morgan fingerprint density at radius 2 is 2.10 bits per heavy atom. The highest BCUT2D eigenvalue weighted by Crippen LogP contribution is 2.34. The summed E-state index contributed by atoms with van der Waals surface area (Å²) >= 11 is 0. The number of alkyl halides is 3. The van der Waals surface area contributed by atoms with Gasteiger partial charge in [-0.15, -0.1) is 0 Å². The number of ether oxygens (including phenoxy) is 1. The third-order valence-electron chi connectivity index (χ3n) is 2.61. The van der Waals surface area contributed by atoms with E-state index in [0.29, 0.717) is 6.61 Å². The van der Waals surface area contributed by atoms with E-state index in [-0.39, 0.29) is 18.2 Å². The second-order valence-corrected chi connectivity index (χ2v) is 4.30. The molecule has 1 rings (SSSR count). The predicted octanol–water partition coefficient (Wildman–Crippen LogP) is 2.44. The van der Waals surface area contributed by atoms with Crippen LogP contribution in [0.15, 0.2) is 18.2 Å². The zero-order valence-electron chi connectivity index (χ0n) is 11.3. The van der Waals surface area contributed by atoms with Crippen molar-refractivity contribution in [3.05, 3.63) is 29.3 Å². The molecule has 0 spiro atoms. The Kier molecular flexibility index (Phi) is 5.38. The van der Waals surface area contributed by atoms with Gasteiger partial charge < -0.3 is 15.8 Å². The maximum atomic E-state index is 12.7. The van der Waals surface area contributed by atoms with E-state index < -0.39 is 23.3 Å². The average molecular weight is 290 g/mol. The molecule has 0 heterocycles. The van der Waals surface area contributed by atoms with Crippen LogP contribution >= 0.6 is 0 Å². The van der Waals surface area contributed by atoms with Crippen LogP contribution in [0.4, 0.5) is 18.9 Å². The Bertz CT molecular complexity index is 475. The van der Waals surface area contributed by atoms with Crippen molar-refractivity contribution in [3.63, 3.8) is 0 Å². The number of hydrogen-bond donors (Lipinski definition) is 2. The Morgan fingerprint density at radius 3 is 2.65 bits per heavy atom. The van der Waals surface area contributed by atoms with Crippen molar-refractivity contribution in [2.75, 3.05) is 18.9 Å². The van der Waals surface area contributed by atoms with E-state index in [9.17, 15) is 18.0 Å². The number of carbonyl (C=O) groups excluding carboxylic acids is 1. The third-order valence-corrected chi connectivity index (χ3v) is 2.61. The van der Waals surface area contributed by atoms with Gasteiger partial charge in [0.15, 0.2) is 0 Å². The van der Waals surface area contributed by atoms with E-state index in [1.165, 1.54) is 6.07 Å². The number of rotatable bonds is 5. The van der Waals surface area contributed by atoms with Crippen LogP contribution in [-0.4, -0.2) is 25.2 Å². The second-order valence-electron chi connectivity index (χ2n) is 4.30. The van der Waals surface area contributed by atoms with Gasteiger partial charge in [-0.2, -0.15) is 13.2 Å². The van der Waals surface area contributed by atoms with Crippen molar-refractivity contribution in [1.82, 2.24) is 5.32 Å². The molecule has 1 amide bonds. The topological polar surface area (TPSA) is 64.3 Å². The Balaban J connectivity index is 2.89. The van der Waals surface area contributed by atoms with Gasteiger partial charge >= 0.3 is 6.18 Å². The summed E-state index contributed by atoms with van der Waals surface area (Å²) in [4.78, 5) is 11.9. The van der Waals surface area contributed by atoms with Crippen molar-refractivity contribution in [3.8, 4) is 0 Å². The Labute approximate surface area is 115 Å². The first-order valence-corrected chi connectivity index (χ1v) is 6.11. The number of hydrogen-bond acceptors (Lipinski definition) is 3. The number of benzene rings is 1. The molecule has 0 aliphatic heterocycles. The second kappa shape index (κ2) is 6.60. The van der Waals surface area contributed by atoms with Crippen LogP contribution in [0.5, 0.6) is 0 Å². The van der Waals surface area contributed by atoms with E-state index in [4.69, 9.17) is 10.5 Å². The summed E-state index contributed by atoms with van der Waals surface area (Å²) < 4.78 is 43.2. The predicted molar refractivity (Wildman–Crippen MR) is 69.3 cm³/mol. The van der Waals surface area contributed by atoms with Crippen LogP contribution in [0.25, 0.3) is 0 Å². The molecule has 1 unspecified atom stereocenters. The summed E-state index contributed by atoms with van der Waals surface area (Å²) in [6.07, 6.45) is -4.59. The summed E-state index contributed by atoms with van der Waals surface area (Å²) in [6, 6.07) is 2.93. The maximum Gasteiger partial charge on any atom is 0.418 e. The molecular formula is C13H17F3N2O2. The highest BCUT2D eigenvalue weighted by atomic mass is 19.4. The molecule has 1 aromatic carbocycles. The van der Waals surface area contributed by atoms with Gasteiger partial charge in [-0.3, -0.25) is 4.79 Å². The zero-order valence-corrected chi connectivity index (χ0v) is 11.3. The maximum absolute atomic E-state index is 12.7. The number of nitrogen functional groups attached to an aromatic ring is 1. The van der Waals surface area contributed by atoms with E-state index in [0.717, 1.165) is 12.1 Å². The molecule has 0 radical (unpaired) electrons. The minimum atomic E-state index is -4.59.